The fourth-order valence-corrected chi connectivity index (χ4v) is 6.40. The van der Waals surface area contributed by atoms with Crippen molar-refractivity contribution in [2.75, 3.05) is 18.9 Å². The van der Waals surface area contributed by atoms with Gasteiger partial charge < -0.3 is 9.84 Å². The van der Waals surface area contributed by atoms with Gasteiger partial charge in [-0.1, -0.05) is 15.9 Å². The molecule has 0 saturated carbocycles. The summed E-state index contributed by atoms with van der Waals surface area (Å²) in [5, 5.41) is 9.26. The van der Waals surface area contributed by atoms with Crippen molar-refractivity contribution in [3.8, 4) is 0 Å². The summed E-state index contributed by atoms with van der Waals surface area (Å²) in [7, 11) is -3.01. The Hall–Kier alpha value is -1.32. The second-order valence-corrected chi connectivity index (χ2v) is 12.9. The third-order valence-electron chi connectivity index (χ3n) is 4.99. The molecule has 0 aromatic heterocycles. The van der Waals surface area contributed by atoms with Crippen molar-refractivity contribution < 1.29 is 23.2 Å². The molecule has 0 unspecified atom stereocenters. The number of carbonyl (C=O) groups excluding carboxylic acids is 1. The van der Waals surface area contributed by atoms with Crippen LogP contribution in [0.1, 0.15) is 53.5 Å². The standard InChI is InChI=1S/C21H30BrFN2O4S/c1-19(2,3)29-18(27)12-17-20(4,5)30(28,24-9-10-26)13-21(6,25-17)15-11-14(22)7-8-16(15)23/h7-8,11,26H,9-10,12-13H2,1-6H3/t21-,30+/m0/s1. The minimum atomic E-state index is -3.01. The van der Waals surface area contributed by atoms with E-state index in [0.717, 1.165) is 0 Å². The molecule has 1 aliphatic heterocycles. The average Bonchev–Trinajstić information content (AvgIpc) is 2.58. The summed E-state index contributed by atoms with van der Waals surface area (Å²) < 4.78 is 38.1. The lowest BCUT2D eigenvalue weighted by molar-refractivity contribution is -0.153. The van der Waals surface area contributed by atoms with Crippen LogP contribution < -0.4 is 0 Å². The van der Waals surface area contributed by atoms with Gasteiger partial charge in [-0.3, -0.25) is 9.79 Å². The number of rotatable bonds is 5. The van der Waals surface area contributed by atoms with Gasteiger partial charge in [0.25, 0.3) is 0 Å². The zero-order valence-corrected chi connectivity index (χ0v) is 20.7. The molecule has 2 atom stereocenters. The van der Waals surface area contributed by atoms with Crippen LogP contribution in [0, 0.1) is 5.82 Å². The highest BCUT2D eigenvalue weighted by Gasteiger charge is 2.49. The van der Waals surface area contributed by atoms with Gasteiger partial charge in [0, 0.05) is 15.7 Å². The number of carbonyl (C=O) groups is 1. The number of nitrogens with zero attached hydrogens (tertiary/aromatic N) is 2. The van der Waals surface area contributed by atoms with E-state index in [1.165, 1.54) is 6.07 Å². The number of halogens is 2. The van der Waals surface area contributed by atoms with Crippen LogP contribution in [-0.4, -0.2) is 50.2 Å². The summed E-state index contributed by atoms with van der Waals surface area (Å²) in [6.45, 7) is 10.1. The second kappa shape index (κ2) is 8.67. The Morgan fingerprint density at radius 1 is 1.37 bits per heavy atom. The van der Waals surface area contributed by atoms with Gasteiger partial charge in [-0.2, -0.15) is 0 Å². The molecule has 1 heterocycles. The first-order valence-corrected chi connectivity index (χ1v) is 12.2. The van der Waals surface area contributed by atoms with Gasteiger partial charge in [-0.15, -0.1) is 0 Å². The van der Waals surface area contributed by atoms with Crippen LogP contribution in [0.2, 0.25) is 0 Å². The molecule has 1 aliphatic rings. The molecular weight excluding hydrogens is 475 g/mol. The fourth-order valence-electron chi connectivity index (χ4n) is 3.42. The number of aliphatic hydroxyl groups is 1. The van der Waals surface area contributed by atoms with Crippen molar-refractivity contribution in [1.29, 1.82) is 0 Å². The molecule has 0 spiro atoms. The molecule has 0 saturated heterocycles. The molecule has 1 N–H and O–H groups in total. The van der Waals surface area contributed by atoms with Crippen LogP contribution in [0.25, 0.3) is 0 Å². The van der Waals surface area contributed by atoms with Crippen LogP contribution in [0.15, 0.2) is 32.0 Å². The van der Waals surface area contributed by atoms with E-state index in [0.29, 0.717) is 10.2 Å². The Morgan fingerprint density at radius 3 is 2.57 bits per heavy atom. The van der Waals surface area contributed by atoms with Crippen LogP contribution in [0.4, 0.5) is 4.39 Å². The summed E-state index contributed by atoms with van der Waals surface area (Å²) >= 11 is 3.35. The second-order valence-electron chi connectivity index (χ2n) is 9.09. The maximum atomic E-state index is 14.8. The van der Waals surface area contributed by atoms with Crippen molar-refractivity contribution in [3.05, 3.63) is 34.1 Å². The minimum absolute atomic E-state index is 0.0149. The van der Waals surface area contributed by atoms with Gasteiger partial charge in [-0.05, 0) is 59.7 Å². The normalized spacial score (nSPS) is 26.1. The number of aliphatic hydroxyl groups excluding tert-OH is 1. The van der Waals surface area contributed by atoms with E-state index in [2.05, 4.69) is 20.3 Å². The molecule has 168 valence electrons. The molecule has 1 aromatic carbocycles. The molecule has 6 nitrogen and oxygen atoms in total. The SMILES string of the molecule is CC(C)(C)OC(=O)CC1=N[C@](C)(c2cc(Br)ccc2F)C[S@](=O)(=NCCO)C1(C)C. The third kappa shape index (κ3) is 5.29. The van der Waals surface area contributed by atoms with E-state index >= 15 is 0 Å². The molecule has 0 bridgehead atoms. The highest BCUT2D eigenvalue weighted by Crippen LogP contribution is 2.41. The Balaban J connectivity index is 2.67. The van der Waals surface area contributed by atoms with Gasteiger partial charge in [0.2, 0.25) is 0 Å². The largest absolute Gasteiger partial charge is 0.460 e. The van der Waals surface area contributed by atoms with E-state index < -0.39 is 37.4 Å². The molecule has 0 fully saturated rings. The van der Waals surface area contributed by atoms with Crippen LogP contribution in [0.3, 0.4) is 0 Å². The van der Waals surface area contributed by atoms with Crippen molar-refractivity contribution in [3.63, 3.8) is 0 Å². The van der Waals surface area contributed by atoms with Gasteiger partial charge in [0.1, 0.15) is 11.4 Å². The number of hydrogen-bond acceptors (Lipinski definition) is 6. The van der Waals surface area contributed by atoms with Gasteiger partial charge in [-0.25, -0.2) is 13.0 Å². The molecular formula is C21H30BrFN2O4S. The fraction of sp³-hybridized carbons (Fsp3) is 0.619. The summed E-state index contributed by atoms with van der Waals surface area (Å²) in [5.41, 5.74) is -1.27. The Morgan fingerprint density at radius 2 is 2.00 bits per heavy atom. The third-order valence-corrected chi connectivity index (χ3v) is 8.87. The average molecular weight is 505 g/mol. The van der Waals surface area contributed by atoms with Crippen molar-refractivity contribution in [1.82, 2.24) is 0 Å². The maximum Gasteiger partial charge on any atom is 0.312 e. The first kappa shape index (κ1) is 24.9. The zero-order chi connectivity index (χ0) is 23.0. The molecule has 0 amide bonds. The molecule has 2 rings (SSSR count). The van der Waals surface area contributed by atoms with Crippen molar-refractivity contribution in [2.45, 2.75) is 63.9 Å². The predicted octanol–water partition coefficient (Wildman–Crippen LogP) is 4.23. The van der Waals surface area contributed by atoms with Crippen LogP contribution in [0.5, 0.6) is 0 Å². The lowest BCUT2D eigenvalue weighted by atomic mass is 9.92. The molecule has 1 aromatic rings. The highest BCUT2D eigenvalue weighted by molar-refractivity contribution is 9.10. The van der Waals surface area contributed by atoms with E-state index in [9.17, 15) is 18.5 Å². The number of ether oxygens (including phenoxy) is 1. The van der Waals surface area contributed by atoms with Gasteiger partial charge in [0.15, 0.2) is 0 Å². The summed E-state index contributed by atoms with van der Waals surface area (Å²) in [4.78, 5) is 17.3. The Bertz CT molecular complexity index is 978. The highest BCUT2D eigenvalue weighted by atomic mass is 79.9. The van der Waals surface area contributed by atoms with E-state index in [1.807, 2.05) is 0 Å². The van der Waals surface area contributed by atoms with E-state index in [4.69, 9.17) is 9.73 Å². The maximum absolute atomic E-state index is 14.8. The number of esters is 1. The predicted molar refractivity (Wildman–Crippen MR) is 121 cm³/mol. The lowest BCUT2D eigenvalue weighted by Gasteiger charge is -2.42. The van der Waals surface area contributed by atoms with Gasteiger partial charge >= 0.3 is 5.97 Å². The van der Waals surface area contributed by atoms with Crippen molar-refractivity contribution in [2.24, 2.45) is 9.36 Å². The quantitative estimate of drug-likeness (QED) is 0.607. The van der Waals surface area contributed by atoms with E-state index in [-0.39, 0.29) is 30.9 Å². The Labute approximate surface area is 186 Å². The smallest absolute Gasteiger partial charge is 0.312 e. The number of aliphatic imine (C=N–C) groups is 1. The molecule has 30 heavy (non-hydrogen) atoms. The minimum Gasteiger partial charge on any atom is -0.460 e. The zero-order valence-electron chi connectivity index (χ0n) is 18.3. The monoisotopic (exact) mass is 504 g/mol. The Kier molecular flexibility index (Phi) is 7.21. The molecule has 0 radical (unpaired) electrons. The first-order chi connectivity index (χ1) is 13.6. The summed E-state index contributed by atoms with van der Waals surface area (Å²) in [6, 6.07) is 4.50. The van der Waals surface area contributed by atoms with E-state index in [1.54, 1.807) is 53.7 Å². The number of hydrogen-bond donors (Lipinski definition) is 1. The van der Waals surface area contributed by atoms with Crippen LogP contribution >= 0.6 is 15.9 Å². The summed E-state index contributed by atoms with van der Waals surface area (Å²) in [6.07, 6.45) is -0.179. The lowest BCUT2D eigenvalue weighted by Crippen LogP contribution is -2.52. The van der Waals surface area contributed by atoms with Crippen molar-refractivity contribution >= 4 is 37.3 Å². The topological polar surface area (TPSA) is 88.3 Å². The molecule has 0 aliphatic carbocycles. The first-order valence-electron chi connectivity index (χ1n) is 9.71. The van der Waals surface area contributed by atoms with Crippen LogP contribution in [-0.2, 0) is 24.8 Å². The number of benzene rings is 1. The van der Waals surface area contributed by atoms with Gasteiger partial charge in [0.05, 0.1) is 45.3 Å². The molecule has 9 heteroatoms. The summed E-state index contributed by atoms with van der Waals surface area (Å²) in [5.74, 6) is -1.01.